The minimum atomic E-state index is -0.168. The quantitative estimate of drug-likeness (QED) is 0.874. The van der Waals surface area contributed by atoms with E-state index in [2.05, 4.69) is 19.1 Å². The monoisotopic (exact) mass is 229 g/mol. The van der Waals surface area contributed by atoms with Gasteiger partial charge >= 0.3 is 0 Å². The van der Waals surface area contributed by atoms with Crippen LogP contribution in [-0.4, -0.2) is 0 Å². The summed E-state index contributed by atoms with van der Waals surface area (Å²) in [6, 6.07) is 10.1. The highest BCUT2D eigenvalue weighted by Gasteiger charge is 2.16. The van der Waals surface area contributed by atoms with Crippen molar-refractivity contribution in [3.63, 3.8) is 0 Å². The molecule has 0 radical (unpaired) electrons. The first-order chi connectivity index (χ1) is 8.13. The highest BCUT2D eigenvalue weighted by molar-refractivity contribution is 5.35. The van der Waals surface area contributed by atoms with Gasteiger partial charge in [0.1, 0.15) is 11.5 Å². The van der Waals surface area contributed by atoms with Crippen molar-refractivity contribution in [2.75, 3.05) is 0 Å². The number of rotatable bonds is 3. The smallest absolute Gasteiger partial charge is 0.125 e. The Morgan fingerprint density at radius 3 is 2.53 bits per heavy atom. The molecule has 0 amide bonds. The normalized spacial score (nSPS) is 12.7. The largest absolute Gasteiger partial charge is 0.464 e. The number of benzene rings is 1. The molecule has 0 spiro atoms. The van der Waals surface area contributed by atoms with Crippen molar-refractivity contribution in [3.05, 3.63) is 58.5 Å². The molecule has 0 bridgehead atoms. The molecular formula is C15H19NO. The summed E-state index contributed by atoms with van der Waals surface area (Å²) in [4.78, 5) is 0. The van der Waals surface area contributed by atoms with Gasteiger partial charge in [-0.3, -0.25) is 0 Å². The molecule has 2 aromatic rings. The number of furan rings is 1. The molecule has 1 heterocycles. The fraction of sp³-hybridized carbons (Fsp3) is 0.333. The number of hydrogen-bond donors (Lipinski definition) is 1. The van der Waals surface area contributed by atoms with Gasteiger partial charge in [-0.2, -0.15) is 0 Å². The van der Waals surface area contributed by atoms with E-state index in [4.69, 9.17) is 10.2 Å². The molecule has 2 N–H and O–H groups in total. The molecule has 0 aliphatic carbocycles. The molecule has 0 aliphatic heterocycles. The van der Waals surface area contributed by atoms with E-state index in [9.17, 15) is 0 Å². The first-order valence-electron chi connectivity index (χ1n) is 6.03. The van der Waals surface area contributed by atoms with E-state index in [1.165, 1.54) is 5.56 Å². The van der Waals surface area contributed by atoms with Crippen LogP contribution in [0.1, 0.15) is 41.2 Å². The maximum Gasteiger partial charge on any atom is 0.125 e. The third-order valence-corrected chi connectivity index (χ3v) is 3.26. The lowest BCUT2D eigenvalue weighted by atomic mass is 9.97. The van der Waals surface area contributed by atoms with Crippen LogP contribution in [0.3, 0.4) is 0 Å². The predicted molar refractivity (Wildman–Crippen MR) is 70.0 cm³/mol. The molecule has 17 heavy (non-hydrogen) atoms. The van der Waals surface area contributed by atoms with Crippen molar-refractivity contribution >= 4 is 0 Å². The van der Waals surface area contributed by atoms with Gasteiger partial charge in [0.15, 0.2) is 0 Å². The van der Waals surface area contributed by atoms with E-state index >= 15 is 0 Å². The fourth-order valence-electron chi connectivity index (χ4n) is 2.07. The van der Waals surface area contributed by atoms with Crippen molar-refractivity contribution in [2.24, 2.45) is 5.73 Å². The molecule has 2 nitrogen and oxygen atoms in total. The van der Waals surface area contributed by atoms with Crippen LogP contribution in [0.4, 0.5) is 0 Å². The molecule has 1 atom stereocenters. The van der Waals surface area contributed by atoms with Gasteiger partial charge < -0.3 is 10.2 Å². The summed E-state index contributed by atoms with van der Waals surface area (Å²) in [6.07, 6.45) is 0.989. The minimum Gasteiger partial charge on any atom is -0.464 e. The molecular weight excluding hydrogens is 210 g/mol. The summed E-state index contributed by atoms with van der Waals surface area (Å²) >= 11 is 0. The van der Waals surface area contributed by atoms with Crippen molar-refractivity contribution in [1.29, 1.82) is 0 Å². The Bertz CT molecular complexity index is 494. The van der Waals surface area contributed by atoms with Gasteiger partial charge in [-0.25, -0.2) is 0 Å². The highest BCUT2D eigenvalue weighted by atomic mass is 16.3. The molecule has 1 unspecified atom stereocenters. The van der Waals surface area contributed by atoms with E-state index < -0.39 is 0 Å². The third-order valence-electron chi connectivity index (χ3n) is 3.26. The molecule has 1 aromatic heterocycles. The summed E-state index contributed by atoms with van der Waals surface area (Å²) < 4.78 is 5.70. The maximum atomic E-state index is 6.28. The van der Waals surface area contributed by atoms with Crippen molar-refractivity contribution in [1.82, 2.24) is 0 Å². The SMILES string of the molecule is CCc1ccccc1C(N)c1cc(C)c(C)o1. The Labute approximate surface area is 102 Å². The Morgan fingerprint density at radius 2 is 1.94 bits per heavy atom. The van der Waals surface area contributed by atoms with Gasteiger partial charge in [-0.1, -0.05) is 31.2 Å². The van der Waals surface area contributed by atoms with Crippen molar-refractivity contribution in [3.8, 4) is 0 Å². The van der Waals surface area contributed by atoms with E-state index in [1.54, 1.807) is 0 Å². The third kappa shape index (κ3) is 2.27. The molecule has 2 rings (SSSR count). The topological polar surface area (TPSA) is 39.2 Å². The lowest BCUT2D eigenvalue weighted by Gasteiger charge is -2.13. The van der Waals surface area contributed by atoms with Gasteiger partial charge in [0.05, 0.1) is 6.04 Å². The second-order valence-electron chi connectivity index (χ2n) is 4.42. The number of aryl methyl sites for hydroxylation is 3. The Hall–Kier alpha value is -1.54. The Morgan fingerprint density at radius 1 is 1.24 bits per heavy atom. The zero-order valence-corrected chi connectivity index (χ0v) is 10.7. The van der Waals surface area contributed by atoms with E-state index in [1.807, 2.05) is 32.0 Å². The zero-order valence-electron chi connectivity index (χ0n) is 10.7. The van der Waals surface area contributed by atoms with Crippen LogP contribution in [0.2, 0.25) is 0 Å². The predicted octanol–water partition coefficient (Wildman–Crippen LogP) is 3.51. The van der Waals surface area contributed by atoms with Crippen LogP contribution in [0.5, 0.6) is 0 Å². The summed E-state index contributed by atoms with van der Waals surface area (Å²) in [7, 11) is 0. The second kappa shape index (κ2) is 4.76. The van der Waals surface area contributed by atoms with Gasteiger partial charge in [0.2, 0.25) is 0 Å². The van der Waals surface area contributed by atoms with Crippen LogP contribution in [0.15, 0.2) is 34.7 Å². The first-order valence-corrected chi connectivity index (χ1v) is 6.03. The van der Waals surface area contributed by atoms with Crippen LogP contribution in [0.25, 0.3) is 0 Å². The van der Waals surface area contributed by atoms with Crippen molar-refractivity contribution < 1.29 is 4.42 Å². The van der Waals surface area contributed by atoms with E-state index in [0.29, 0.717) is 0 Å². The minimum absolute atomic E-state index is 0.168. The lowest BCUT2D eigenvalue weighted by Crippen LogP contribution is -2.13. The van der Waals surface area contributed by atoms with Gasteiger partial charge in [0.25, 0.3) is 0 Å². The molecule has 0 saturated carbocycles. The number of hydrogen-bond acceptors (Lipinski definition) is 2. The highest BCUT2D eigenvalue weighted by Crippen LogP contribution is 2.26. The average molecular weight is 229 g/mol. The standard InChI is InChI=1S/C15H19NO/c1-4-12-7-5-6-8-13(12)15(16)14-9-10(2)11(3)17-14/h5-9,15H,4,16H2,1-3H3. The van der Waals surface area contributed by atoms with Crippen molar-refractivity contribution in [2.45, 2.75) is 33.2 Å². The zero-order chi connectivity index (χ0) is 12.4. The van der Waals surface area contributed by atoms with E-state index in [0.717, 1.165) is 29.1 Å². The molecule has 0 aliphatic rings. The first kappa shape index (κ1) is 11.9. The average Bonchev–Trinajstić information content (AvgIpc) is 2.68. The van der Waals surface area contributed by atoms with Crippen LogP contribution in [-0.2, 0) is 6.42 Å². The van der Waals surface area contributed by atoms with Crippen LogP contribution < -0.4 is 5.73 Å². The Kier molecular flexibility index (Phi) is 3.34. The van der Waals surface area contributed by atoms with Gasteiger partial charge in [-0.15, -0.1) is 0 Å². The molecule has 0 fully saturated rings. The second-order valence-corrected chi connectivity index (χ2v) is 4.42. The van der Waals surface area contributed by atoms with Gasteiger partial charge in [0, 0.05) is 0 Å². The lowest BCUT2D eigenvalue weighted by molar-refractivity contribution is 0.464. The molecule has 1 aromatic carbocycles. The Balaban J connectivity index is 2.39. The summed E-state index contributed by atoms with van der Waals surface area (Å²) in [5, 5.41) is 0. The maximum absolute atomic E-state index is 6.28. The summed E-state index contributed by atoms with van der Waals surface area (Å²) in [5.41, 5.74) is 9.88. The number of nitrogens with two attached hydrogens (primary N) is 1. The van der Waals surface area contributed by atoms with E-state index in [-0.39, 0.29) is 6.04 Å². The fourth-order valence-corrected chi connectivity index (χ4v) is 2.07. The summed E-state index contributed by atoms with van der Waals surface area (Å²) in [6.45, 7) is 6.16. The van der Waals surface area contributed by atoms with Gasteiger partial charge in [-0.05, 0) is 43.0 Å². The molecule has 2 heteroatoms. The molecule has 90 valence electrons. The van der Waals surface area contributed by atoms with Crippen LogP contribution >= 0.6 is 0 Å². The summed E-state index contributed by atoms with van der Waals surface area (Å²) in [5.74, 6) is 1.80. The van der Waals surface area contributed by atoms with Crippen LogP contribution in [0, 0.1) is 13.8 Å². The molecule has 0 saturated heterocycles.